The predicted molar refractivity (Wildman–Crippen MR) is 73.9 cm³/mol. The van der Waals surface area contributed by atoms with Crippen LogP contribution in [0.2, 0.25) is 0 Å². The average molecular weight is 288 g/mol. The van der Waals surface area contributed by atoms with E-state index in [1.54, 1.807) is 0 Å². The second-order valence-electron chi connectivity index (χ2n) is 4.99. The molecule has 0 radical (unpaired) electrons. The normalized spacial score (nSPS) is 23.2. The lowest BCUT2D eigenvalue weighted by atomic mass is 9.89. The standard InChI is InChI=1S/C14H19F2O2P/c1-17-11-6-7-12(14(16)13(11)15)18-8-9-2-4-10(19)5-3-9/h6-7,9-10H,2-5,8,19H2,1H3. The Balaban J connectivity index is 1.94. The zero-order chi connectivity index (χ0) is 13.8. The number of benzene rings is 1. The van der Waals surface area contributed by atoms with Gasteiger partial charge in [0.1, 0.15) is 0 Å². The lowest BCUT2D eigenvalue weighted by Crippen LogP contribution is -2.20. The van der Waals surface area contributed by atoms with Crippen molar-refractivity contribution in [2.24, 2.45) is 5.92 Å². The quantitative estimate of drug-likeness (QED) is 0.785. The van der Waals surface area contributed by atoms with Crippen molar-refractivity contribution in [2.45, 2.75) is 31.3 Å². The van der Waals surface area contributed by atoms with Crippen LogP contribution in [0.5, 0.6) is 11.5 Å². The minimum atomic E-state index is -0.992. The molecule has 0 N–H and O–H groups in total. The van der Waals surface area contributed by atoms with E-state index in [9.17, 15) is 8.78 Å². The van der Waals surface area contributed by atoms with Crippen LogP contribution in [-0.4, -0.2) is 19.4 Å². The van der Waals surface area contributed by atoms with Crippen molar-refractivity contribution in [1.82, 2.24) is 0 Å². The molecule has 0 saturated heterocycles. The molecule has 19 heavy (non-hydrogen) atoms. The molecule has 0 bridgehead atoms. The van der Waals surface area contributed by atoms with Crippen LogP contribution in [0.1, 0.15) is 25.7 Å². The first-order valence-electron chi connectivity index (χ1n) is 6.52. The molecule has 0 amide bonds. The summed E-state index contributed by atoms with van der Waals surface area (Å²) in [7, 11) is 4.15. The molecule has 0 spiro atoms. The van der Waals surface area contributed by atoms with Gasteiger partial charge in [-0.25, -0.2) is 0 Å². The molecular formula is C14H19F2O2P. The molecule has 1 atom stereocenters. The number of hydrogen-bond acceptors (Lipinski definition) is 2. The highest BCUT2D eigenvalue weighted by Gasteiger charge is 2.20. The predicted octanol–water partition coefficient (Wildman–Crippen LogP) is 3.79. The summed E-state index contributed by atoms with van der Waals surface area (Å²) in [6, 6.07) is 2.80. The average Bonchev–Trinajstić information content (AvgIpc) is 2.42. The summed E-state index contributed by atoms with van der Waals surface area (Å²) in [4.78, 5) is 0. The first-order valence-corrected chi connectivity index (χ1v) is 7.19. The summed E-state index contributed by atoms with van der Waals surface area (Å²) < 4.78 is 37.3. The second kappa shape index (κ2) is 6.51. The topological polar surface area (TPSA) is 18.5 Å². The van der Waals surface area contributed by atoms with Crippen molar-refractivity contribution in [2.75, 3.05) is 13.7 Å². The van der Waals surface area contributed by atoms with E-state index < -0.39 is 11.6 Å². The Morgan fingerprint density at radius 2 is 1.68 bits per heavy atom. The Labute approximate surface area is 114 Å². The number of methoxy groups -OCH3 is 1. The number of halogens is 2. The SMILES string of the molecule is COc1ccc(OCC2CCC(P)CC2)c(F)c1F. The zero-order valence-corrected chi connectivity index (χ0v) is 12.1. The van der Waals surface area contributed by atoms with Crippen LogP contribution in [-0.2, 0) is 0 Å². The Bertz CT molecular complexity index is 432. The van der Waals surface area contributed by atoms with Crippen molar-refractivity contribution >= 4 is 9.24 Å². The molecule has 0 aromatic heterocycles. The van der Waals surface area contributed by atoms with E-state index >= 15 is 0 Å². The van der Waals surface area contributed by atoms with E-state index in [-0.39, 0.29) is 11.5 Å². The minimum Gasteiger partial charge on any atom is -0.494 e. The van der Waals surface area contributed by atoms with Crippen LogP contribution in [0.4, 0.5) is 8.78 Å². The van der Waals surface area contributed by atoms with Gasteiger partial charge in [0.2, 0.25) is 11.6 Å². The Hall–Kier alpha value is -0.890. The summed E-state index contributed by atoms with van der Waals surface area (Å²) in [6.07, 6.45) is 4.46. The van der Waals surface area contributed by atoms with Gasteiger partial charge in [0, 0.05) is 0 Å². The second-order valence-corrected chi connectivity index (χ2v) is 5.93. The largest absolute Gasteiger partial charge is 0.494 e. The maximum Gasteiger partial charge on any atom is 0.204 e. The molecule has 2 rings (SSSR count). The summed E-state index contributed by atoms with van der Waals surface area (Å²) in [5.41, 5.74) is 0.686. The molecule has 1 unspecified atom stereocenters. The lowest BCUT2D eigenvalue weighted by Gasteiger charge is -2.26. The Morgan fingerprint density at radius 1 is 1.11 bits per heavy atom. The molecule has 1 aliphatic carbocycles. The number of hydrogen-bond donors (Lipinski definition) is 0. The van der Waals surface area contributed by atoms with E-state index in [1.807, 2.05) is 0 Å². The van der Waals surface area contributed by atoms with Gasteiger partial charge in [-0.3, -0.25) is 0 Å². The molecule has 2 nitrogen and oxygen atoms in total. The lowest BCUT2D eigenvalue weighted by molar-refractivity contribution is 0.201. The third-order valence-corrected chi connectivity index (χ3v) is 4.26. The summed E-state index contributed by atoms with van der Waals surface area (Å²) >= 11 is 0. The molecule has 106 valence electrons. The van der Waals surface area contributed by atoms with Crippen molar-refractivity contribution in [3.8, 4) is 11.5 Å². The van der Waals surface area contributed by atoms with Gasteiger partial charge in [-0.15, -0.1) is 9.24 Å². The van der Waals surface area contributed by atoms with E-state index in [0.717, 1.165) is 25.7 Å². The first-order chi connectivity index (χ1) is 9.11. The number of ether oxygens (including phenoxy) is 2. The van der Waals surface area contributed by atoms with Gasteiger partial charge in [0.15, 0.2) is 11.5 Å². The summed E-state index contributed by atoms with van der Waals surface area (Å²) in [5.74, 6) is -1.67. The van der Waals surface area contributed by atoms with Gasteiger partial charge in [-0.1, -0.05) is 0 Å². The maximum absolute atomic E-state index is 13.7. The van der Waals surface area contributed by atoms with E-state index in [4.69, 9.17) is 9.47 Å². The molecule has 1 fully saturated rings. The van der Waals surface area contributed by atoms with Gasteiger partial charge >= 0.3 is 0 Å². The van der Waals surface area contributed by atoms with Crippen molar-refractivity contribution < 1.29 is 18.3 Å². The zero-order valence-electron chi connectivity index (χ0n) is 11.0. The molecule has 5 heteroatoms. The van der Waals surface area contributed by atoms with Crippen LogP contribution in [0, 0.1) is 17.6 Å². The van der Waals surface area contributed by atoms with E-state index in [1.165, 1.54) is 19.2 Å². The van der Waals surface area contributed by atoms with Crippen LogP contribution < -0.4 is 9.47 Å². The van der Waals surface area contributed by atoms with Crippen molar-refractivity contribution in [3.05, 3.63) is 23.8 Å². The molecule has 0 aliphatic heterocycles. The van der Waals surface area contributed by atoms with Crippen LogP contribution >= 0.6 is 9.24 Å². The van der Waals surface area contributed by atoms with E-state index in [2.05, 4.69) is 9.24 Å². The fourth-order valence-corrected chi connectivity index (χ4v) is 2.73. The highest BCUT2D eigenvalue weighted by Crippen LogP contribution is 2.31. The monoisotopic (exact) mass is 288 g/mol. The smallest absolute Gasteiger partial charge is 0.204 e. The molecule has 1 aromatic carbocycles. The molecular weight excluding hydrogens is 269 g/mol. The van der Waals surface area contributed by atoms with Crippen LogP contribution in [0.25, 0.3) is 0 Å². The highest BCUT2D eigenvalue weighted by atomic mass is 31.0. The third kappa shape index (κ3) is 3.56. The summed E-state index contributed by atoms with van der Waals surface area (Å²) in [5, 5.41) is 0. The fourth-order valence-electron chi connectivity index (χ4n) is 2.35. The van der Waals surface area contributed by atoms with Gasteiger partial charge in [0.05, 0.1) is 13.7 Å². The summed E-state index contributed by atoms with van der Waals surface area (Å²) in [6.45, 7) is 0.445. The Morgan fingerprint density at radius 3 is 2.32 bits per heavy atom. The molecule has 0 heterocycles. The highest BCUT2D eigenvalue weighted by molar-refractivity contribution is 7.17. The van der Waals surface area contributed by atoms with Crippen LogP contribution in [0.15, 0.2) is 12.1 Å². The fraction of sp³-hybridized carbons (Fsp3) is 0.571. The number of rotatable bonds is 4. The van der Waals surface area contributed by atoms with Gasteiger partial charge in [0.25, 0.3) is 0 Å². The minimum absolute atomic E-state index is 0.0358. The van der Waals surface area contributed by atoms with Crippen LogP contribution in [0.3, 0.4) is 0 Å². The first kappa shape index (κ1) is 14.5. The third-order valence-electron chi connectivity index (χ3n) is 3.60. The van der Waals surface area contributed by atoms with Gasteiger partial charge in [-0.2, -0.15) is 8.78 Å². The van der Waals surface area contributed by atoms with Crippen molar-refractivity contribution in [1.29, 1.82) is 0 Å². The van der Waals surface area contributed by atoms with Crippen molar-refractivity contribution in [3.63, 3.8) is 0 Å². The van der Waals surface area contributed by atoms with Gasteiger partial charge in [-0.05, 0) is 49.4 Å². The molecule has 1 saturated carbocycles. The molecule has 1 aliphatic rings. The van der Waals surface area contributed by atoms with Gasteiger partial charge < -0.3 is 9.47 Å². The van der Waals surface area contributed by atoms with E-state index in [0.29, 0.717) is 18.2 Å². The molecule has 1 aromatic rings. The Kier molecular flexibility index (Phi) is 4.98. The maximum atomic E-state index is 13.7.